The fourth-order valence-electron chi connectivity index (χ4n) is 2.35. The summed E-state index contributed by atoms with van der Waals surface area (Å²) in [6, 6.07) is 8.08. The maximum absolute atomic E-state index is 12.1. The number of nitrogens with two attached hydrogens (primary N) is 1. The first-order valence-electron chi connectivity index (χ1n) is 6.38. The Bertz CT molecular complexity index is 420. The lowest BCUT2D eigenvalue weighted by atomic mass is 9.94. The van der Waals surface area contributed by atoms with Crippen LogP contribution < -0.4 is 10.6 Å². The van der Waals surface area contributed by atoms with Gasteiger partial charge in [0.25, 0.3) is 5.91 Å². The van der Waals surface area contributed by atoms with E-state index < -0.39 is 0 Å². The summed E-state index contributed by atoms with van der Waals surface area (Å²) in [7, 11) is 0. The van der Waals surface area contributed by atoms with Crippen LogP contribution in [-0.4, -0.2) is 32.2 Å². The number of para-hydroxylation sites is 1. The van der Waals surface area contributed by atoms with Gasteiger partial charge in [0.15, 0.2) is 0 Å². The minimum atomic E-state index is 0.0162. The second-order valence-electron chi connectivity index (χ2n) is 4.78. The number of rotatable bonds is 4. The SMILES string of the molecule is CC1Cc2ccccc2N(C(=O)COCCN)C1. The molecule has 0 aliphatic carbocycles. The molecule has 98 valence electrons. The second kappa shape index (κ2) is 5.98. The van der Waals surface area contributed by atoms with Gasteiger partial charge in [0.05, 0.1) is 6.61 Å². The molecule has 1 atom stereocenters. The molecule has 1 unspecified atom stereocenters. The molecule has 1 aliphatic rings. The Morgan fingerprint density at radius 3 is 3.06 bits per heavy atom. The number of carbonyl (C=O) groups is 1. The molecule has 0 saturated heterocycles. The molecule has 1 aliphatic heterocycles. The van der Waals surface area contributed by atoms with Crippen LogP contribution in [0.25, 0.3) is 0 Å². The number of benzene rings is 1. The van der Waals surface area contributed by atoms with Crippen molar-refractivity contribution < 1.29 is 9.53 Å². The van der Waals surface area contributed by atoms with Crippen LogP contribution in [0.15, 0.2) is 24.3 Å². The molecule has 18 heavy (non-hydrogen) atoms. The van der Waals surface area contributed by atoms with Gasteiger partial charge in [0.2, 0.25) is 0 Å². The molecule has 2 N–H and O–H groups in total. The topological polar surface area (TPSA) is 55.6 Å². The minimum Gasteiger partial charge on any atom is -0.370 e. The Morgan fingerprint density at radius 1 is 1.50 bits per heavy atom. The van der Waals surface area contributed by atoms with Crippen LogP contribution in [-0.2, 0) is 16.0 Å². The largest absolute Gasteiger partial charge is 0.370 e. The molecule has 0 spiro atoms. The molecule has 4 heteroatoms. The van der Waals surface area contributed by atoms with Crippen molar-refractivity contribution in [2.45, 2.75) is 13.3 Å². The summed E-state index contributed by atoms with van der Waals surface area (Å²) in [5, 5.41) is 0. The third-order valence-electron chi connectivity index (χ3n) is 3.13. The van der Waals surface area contributed by atoms with Crippen LogP contribution >= 0.6 is 0 Å². The average molecular weight is 248 g/mol. The van der Waals surface area contributed by atoms with Crippen LogP contribution in [0.3, 0.4) is 0 Å². The molecule has 4 nitrogen and oxygen atoms in total. The van der Waals surface area contributed by atoms with Gasteiger partial charge in [-0.25, -0.2) is 0 Å². The average Bonchev–Trinajstić information content (AvgIpc) is 2.38. The first kappa shape index (κ1) is 13.1. The normalized spacial score (nSPS) is 18.6. The number of hydrogen-bond acceptors (Lipinski definition) is 3. The lowest BCUT2D eigenvalue weighted by Crippen LogP contribution is -2.41. The van der Waals surface area contributed by atoms with Crippen LogP contribution in [0.1, 0.15) is 12.5 Å². The molecule has 0 bridgehead atoms. The molecule has 1 amide bonds. The zero-order chi connectivity index (χ0) is 13.0. The van der Waals surface area contributed by atoms with Crippen molar-refractivity contribution in [3.05, 3.63) is 29.8 Å². The quantitative estimate of drug-likeness (QED) is 0.814. The summed E-state index contributed by atoms with van der Waals surface area (Å²) in [6.07, 6.45) is 1.03. The van der Waals surface area contributed by atoms with Crippen molar-refractivity contribution >= 4 is 11.6 Å². The van der Waals surface area contributed by atoms with Gasteiger partial charge in [0.1, 0.15) is 6.61 Å². The van der Waals surface area contributed by atoms with E-state index in [2.05, 4.69) is 13.0 Å². The molecule has 1 aromatic carbocycles. The van der Waals surface area contributed by atoms with Crippen molar-refractivity contribution in [2.24, 2.45) is 11.7 Å². The fraction of sp³-hybridized carbons (Fsp3) is 0.500. The number of fused-ring (bicyclic) bond motifs is 1. The third kappa shape index (κ3) is 2.89. The molecule has 2 rings (SSSR count). The van der Waals surface area contributed by atoms with Crippen molar-refractivity contribution in [1.82, 2.24) is 0 Å². The van der Waals surface area contributed by atoms with Gasteiger partial charge < -0.3 is 15.4 Å². The summed E-state index contributed by atoms with van der Waals surface area (Å²) in [4.78, 5) is 14.0. The highest BCUT2D eigenvalue weighted by Gasteiger charge is 2.25. The molecular weight excluding hydrogens is 228 g/mol. The predicted molar refractivity (Wildman–Crippen MR) is 71.5 cm³/mol. The highest BCUT2D eigenvalue weighted by Crippen LogP contribution is 2.29. The second-order valence-corrected chi connectivity index (χ2v) is 4.78. The third-order valence-corrected chi connectivity index (χ3v) is 3.13. The monoisotopic (exact) mass is 248 g/mol. The Labute approximate surface area is 108 Å². The Morgan fingerprint density at radius 2 is 2.28 bits per heavy atom. The molecule has 0 fully saturated rings. The summed E-state index contributed by atoms with van der Waals surface area (Å²) in [5.74, 6) is 0.501. The summed E-state index contributed by atoms with van der Waals surface area (Å²) < 4.78 is 5.23. The van der Waals surface area contributed by atoms with Crippen molar-refractivity contribution in [3.63, 3.8) is 0 Å². The van der Waals surface area contributed by atoms with Gasteiger partial charge in [-0.15, -0.1) is 0 Å². The fourth-order valence-corrected chi connectivity index (χ4v) is 2.35. The van der Waals surface area contributed by atoms with Crippen molar-refractivity contribution in [3.8, 4) is 0 Å². The standard InChI is InChI=1S/C14H20N2O2/c1-11-8-12-4-2-3-5-13(12)16(9-11)14(17)10-18-7-6-15/h2-5,11H,6-10,15H2,1H3. The molecule has 0 saturated carbocycles. The van der Waals surface area contributed by atoms with Crippen molar-refractivity contribution in [1.29, 1.82) is 0 Å². The summed E-state index contributed by atoms with van der Waals surface area (Å²) in [5.41, 5.74) is 7.61. The van der Waals surface area contributed by atoms with E-state index in [0.29, 0.717) is 19.1 Å². The van der Waals surface area contributed by atoms with Gasteiger partial charge in [-0.2, -0.15) is 0 Å². The molecule has 1 heterocycles. The predicted octanol–water partition coefficient (Wildman–Crippen LogP) is 1.19. The minimum absolute atomic E-state index is 0.0162. The molecule has 0 aromatic heterocycles. The smallest absolute Gasteiger partial charge is 0.252 e. The maximum Gasteiger partial charge on any atom is 0.252 e. The van der Waals surface area contributed by atoms with E-state index >= 15 is 0 Å². The van der Waals surface area contributed by atoms with E-state index in [-0.39, 0.29) is 12.5 Å². The zero-order valence-corrected chi connectivity index (χ0v) is 10.8. The first-order valence-corrected chi connectivity index (χ1v) is 6.38. The first-order chi connectivity index (χ1) is 8.72. The number of ether oxygens (including phenoxy) is 1. The van der Waals surface area contributed by atoms with E-state index in [0.717, 1.165) is 18.7 Å². The van der Waals surface area contributed by atoms with Gasteiger partial charge >= 0.3 is 0 Å². The Hall–Kier alpha value is -1.39. The van der Waals surface area contributed by atoms with Gasteiger partial charge in [-0.05, 0) is 24.0 Å². The number of anilines is 1. The van der Waals surface area contributed by atoms with E-state index in [4.69, 9.17) is 10.5 Å². The van der Waals surface area contributed by atoms with E-state index in [9.17, 15) is 4.79 Å². The van der Waals surface area contributed by atoms with Crippen LogP contribution in [0.5, 0.6) is 0 Å². The maximum atomic E-state index is 12.1. The molecular formula is C14H20N2O2. The summed E-state index contributed by atoms with van der Waals surface area (Å²) in [6.45, 7) is 3.91. The number of hydrogen-bond donors (Lipinski definition) is 1. The van der Waals surface area contributed by atoms with Gasteiger partial charge in [0, 0.05) is 18.8 Å². The van der Waals surface area contributed by atoms with Crippen molar-refractivity contribution in [2.75, 3.05) is 31.2 Å². The van der Waals surface area contributed by atoms with Crippen LogP contribution in [0.4, 0.5) is 5.69 Å². The lowest BCUT2D eigenvalue weighted by Gasteiger charge is -2.33. The zero-order valence-electron chi connectivity index (χ0n) is 10.8. The lowest BCUT2D eigenvalue weighted by molar-refractivity contribution is -0.123. The van der Waals surface area contributed by atoms with Crippen LogP contribution in [0.2, 0.25) is 0 Å². The summed E-state index contributed by atoms with van der Waals surface area (Å²) >= 11 is 0. The van der Waals surface area contributed by atoms with Gasteiger partial charge in [-0.3, -0.25) is 4.79 Å². The Balaban J connectivity index is 2.10. The number of nitrogens with zero attached hydrogens (tertiary/aromatic N) is 1. The Kier molecular flexibility index (Phi) is 4.33. The number of amides is 1. The van der Waals surface area contributed by atoms with E-state index in [1.807, 2.05) is 23.1 Å². The highest BCUT2D eigenvalue weighted by molar-refractivity contribution is 5.95. The van der Waals surface area contributed by atoms with Crippen LogP contribution in [0, 0.1) is 5.92 Å². The van der Waals surface area contributed by atoms with Gasteiger partial charge in [-0.1, -0.05) is 25.1 Å². The molecule has 0 radical (unpaired) electrons. The highest BCUT2D eigenvalue weighted by atomic mass is 16.5. The van der Waals surface area contributed by atoms with E-state index in [1.165, 1.54) is 5.56 Å². The van der Waals surface area contributed by atoms with E-state index in [1.54, 1.807) is 0 Å². The molecule has 1 aromatic rings. The number of carbonyl (C=O) groups excluding carboxylic acids is 1.